The van der Waals surface area contributed by atoms with E-state index in [9.17, 15) is 4.79 Å². The minimum atomic E-state index is -0.167. The molecule has 0 spiro atoms. The summed E-state index contributed by atoms with van der Waals surface area (Å²) in [5.74, 6) is 0.587. The average Bonchev–Trinajstić information content (AvgIpc) is 3.04. The van der Waals surface area contributed by atoms with Crippen LogP contribution >= 0.6 is 36.2 Å². The van der Waals surface area contributed by atoms with E-state index in [-0.39, 0.29) is 36.8 Å². The molecule has 1 amide bonds. The highest BCUT2D eigenvalue weighted by molar-refractivity contribution is 7.09. The van der Waals surface area contributed by atoms with Gasteiger partial charge in [-0.3, -0.25) is 4.79 Å². The lowest BCUT2D eigenvalue weighted by atomic mass is 9.98. The number of morpholine rings is 1. The summed E-state index contributed by atoms with van der Waals surface area (Å²) in [6, 6.07) is -0.167. The third-order valence-corrected chi connectivity index (χ3v) is 5.29. The zero-order valence-electron chi connectivity index (χ0n) is 13.3. The number of halogens is 2. The molecule has 2 atom stereocenters. The second-order valence-electron chi connectivity index (χ2n) is 5.74. The predicted octanol–water partition coefficient (Wildman–Crippen LogP) is 2.24. The molecule has 2 saturated heterocycles. The van der Waals surface area contributed by atoms with Gasteiger partial charge in [-0.25, -0.2) is 4.98 Å². The number of aryl methyl sites for hydroxylation is 1. The number of thiazole rings is 1. The van der Waals surface area contributed by atoms with E-state index in [1.807, 2.05) is 4.90 Å². The molecule has 2 fully saturated rings. The minimum Gasteiger partial charge on any atom is -0.378 e. The van der Waals surface area contributed by atoms with Gasteiger partial charge >= 0.3 is 0 Å². The van der Waals surface area contributed by atoms with Gasteiger partial charge in [0.15, 0.2) is 0 Å². The first-order valence-electron chi connectivity index (χ1n) is 7.82. The molecule has 0 aliphatic carbocycles. The fourth-order valence-electron chi connectivity index (χ4n) is 3.00. The summed E-state index contributed by atoms with van der Waals surface area (Å²) in [4.78, 5) is 19.3. The van der Waals surface area contributed by atoms with Gasteiger partial charge in [0.25, 0.3) is 0 Å². The molecule has 0 saturated carbocycles. The lowest BCUT2D eigenvalue weighted by Gasteiger charge is -2.35. The number of rotatable bonds is 3. The third-order valence-electron chi connectivity index (χ3n) is 4.23. The predicted molar refractivity (Wildman–Crippen MR) is 97.2 cm³/mol. The van der Waals surface area contributed by atoms with Crippen LogP contribution in [0.5, 0.6) is 0 Å². The molecule has 0 aromatic carbocycles. The first-order chi connectivity index (χ1) is 10.3. The molecule has 8 heteroatoms. The lowest BCUT2D eigenvalue weighted by molar-refractivity contribution is -0.137. The van der Waals surface area contributed by atoms with E-state index in [1.165, 1.54) is 10.7 Å². The normalized spacial score (nSPS) is 24.5. The van der Waals surface area contributed by atoms with Gasteiger partial charge in [-0.1, -0.05) is 6.92 Å². The summed E-state index contributed by atoms with van der Waals surface area (Å²) in [5.41, 5.74) is 1.17. The van der Waals surface area contributed by atoms with Crippen molar-refractivity contribution < 1.29 is 9.53 Å². The maximum atomic E-state index is 12.6. The van der Waals surface area contributed by atoms with Gasteiger partial charge in [-0.15, -0.1) is 36.2 Å². The van der Waals surface area contributed by atoms with Crippen LogP contribution in [0, 0.1) is 0 Å². The van der Waals surface area contributed by atoms with Gasteiger partial charge in [-0.05, 0) is 19.3 Å². The smallest absolute Gasteiger partial charge is 0.242 e. The molecule has 5 nitrogen and oxygen atoms in total. The van der Waals surface area contributed by atoms with Gasteiger partial charge < -0.3 is 15.0 Å². The SMILES string of the molecule is CCc1csc(C2CCCN(C(=O)C3COCCN3)C2)n1.Cl.Cl. The molecule has 132 valence electrons. The minimum absolute atomic E-state index is 0. The number of ether oxygens (including phenoxy) is 1. The molecule has 0 bridgehead atoms. The highest BCUT2D eigenvalue weighted by atomic mass is 35.5. The van der Waals surface area contributed by atoms with Crippen LogP contribution in [0.4, 0.5) is 0 Å². The Morgan fingerprint density at radius 3 is 3.00 bits per heavy atom. The van der Waals surface area contributed by atoms with Crippen LogP contribution < -0.4 is 5.32 Å². The fourth-order valence-corrected chi connectivity index (χ4v) is 4.03. The summed E-state index contributed by atoms with van der Waals surface area (Å²) in [6.45, 7) is 5.75. The molecule has 2 aliphatic rings. The van der Waals surface area contributed by atoms with Crippen LogP contribution in [0.1, 0.15) is 36.4 Å². The number of carbonyl (C=O) groups excluding carboxylic acids is 1. The molecule has 23 heavy (non-hydrogen) atoms. The molecule has 3 rings (SSSR count). The van der Waals surface area contributed by atoms with E-state index in [0.717, 1.165) is 38.9 Å². The van der Waals surface area contributed by atoms with Crippen molar-refractivity contribution in [2.75, 3.05) is 32.8 Å². The number of nitrogens with one attached hydrogen (secondary N) is 1. The zero-order chi connectivity index (χ0) is 14.7. The Morgan fingerprint density at radius 2 is 2.35 bits per heavy atom. The standard InChI is InChI=1S/C15H23N3O2S.2ClH/c1-2-12-10-21-14(17-12)11-4-3-6-18(8-11)15(19)13-9-20-7-5-16-13;;/h10-11,13,16H,2-9H2,1H3;2*1H. The van der Waals surface area contributed by atoms with Crippen molar-refractivity contribution >= 4 is 42.1 Å². The topological polar surface area (TPSA) is 54.5 Å². The highest BCUT2D eigenvalue weighted by Crippen LogP contribution is 2.29. The van der Waals surface area contributed by atoms with Gasteiger partial charge in [0, 0.05) is 30.9 Å². The van der Waals surface area contributed by atoms with Crippen LogP contribution in [-0.4, -0.2) is 54.7 Å². The summed E-state index contributed by atoms with van der Waals surface area (Å²) in [7, 11) is 0. The largest absolute Gasteiger partial charge is 0.378 e. The van der Waals surface area contributed by atoms with Crippen LogP contribution in [0.2, 0.25) is 0 Å². The monoisotopic (exact) mass is 381 g/mol. The lowest BCUT2D eigenvalue weighted by Crippen LogP contribution is -2.54. The summed E-state index contributed by atoms with van der Waals surface area (Å²) >= 11 is 1.74. The Kier molecular flexibility index (Phi) is 8.79. The Bertz CT molecular complexity index is 495. The van der Waals surface area contributed by atoms with E-state index in [2.05, 4.69) is 17.6 Å². The molecule has 3 heterocycles. The molecule has 1 aromatic rings. The van der Waals surface area contributed by atoms with Crippen molar-refractivity contribution in [2.24, 2.45) is 0 Å². The van der Waals surface area contributed by atoms with Crippen molar-refractivity contribution in [1.82, 2.24) is 15.2 Å². The second kappa shape index (κ2) is 9.79. The van der Waals surface area contributed by atoms with Crippen molar-refractivity contribution in [1.29, 1.82) is 0 Å². The summed E-state index contributed by atoms with van der Waals surface area (Å²) in [5, 5.41) is 6.59. The van der Waals surface area contributed by atoms with E-state index >= 15 is 0 Å². The molecule has 0 radical (unpaired) electrons. The van der Waals surface area contributed by atoms with Gasteiger partial charge in [0.05, 0.1) is 23.9 Å². The number of likely N-dealkylation sites (tertiary alicyclic amines) is 1. The molecular weight excluding hydrogens is 357 g/mol. The molecule has 2 aliphatic heterocycles. The first kappa shape index (κ1) is 20.6. The highest BCUT2D eigenvalue weighted by Gasteiger charge is 2.31. The molecule has 1 N–H and O–H groups in total. The van der Waals surface area contributed by atoms with Gasteiger partial charge in [0.1, 0.15) is 6.04 Å². The van der Waals surface area contributed by atoms with Crippen LogP contribution in [0.3, 0.4) is 0 Å². The Morgan fingerprint density at radius 1 is 1.52 bits per heavy atom. The number of carbonyl (C=O) groups is 1. The van der Waals surface area contributed by atoms with E-state index in [0.29, 0.717) is 19.1 Å². The Hall–Kier alpha value is -0.400. The van der Waals surface area contributed by atoms with E-state index < -0.39 is 0 Å². The van der Waals surface area contributed by atoms with Crippen molar-refractivity contribution in [3.63, 3.8) is 0 Å². The number of hydrogen-bond acceptors (Lipinski definition) is 5. The Labute approximate surface area is 154 Å². The van der Waals surface area contributed by atoms with Gasteiger partial charge in [0.2, 0.25) is 5.91 Å². The van der Waals surface area contributed by atoms with E-state index in [1.54, 1.807) is 11.3 Å². The first-order valence-corrected chi connectivity index (χ1v) is 8.70. The average molecular weight is 382 g/mol. The zero-order valence-corrected chi connectivity index (χ0v) is 15.8. The van der Waals surface area contributed by atoms with Crippen molar-refractivity contribution in [2.45, 2.75) is 38.1 Å². The van der Waals surface area contributed by atoms with E-state index in [4.69, 9.17) is 9.72 Å². The molecular formula is C15H25Cl2N3O2S. The number of amides is 1. The van der Waals surface area contributed by atoms with Gasteiger partial charge in [-0.2, -0.15) is 0 Å². The number of hydrogen-bond donors (Lipinski definition) is 1. The Balaban J connectivity index is 0.00000132. The molecule has 2 unspecified atom stereocenters. The van der Waals surface area contributed by atoms with Crippen LogP contribution in [0.25, 0.3) is 0 Å². The second-order valence-corrected chi connectivity index (χ2v) is 6.63. The van der Waals surface area contributed by atoms with Crippen molar-refractivity contribution in [3.8, 4) is 0 Å². The number of piperidine rings is 1. The summed E-state index contributed by atoms with van der Waals surface area (Å²) < 4.78 is 5.40. The maximum Gasteiger partial charge on any atom is 0.242 e. The third kappa shape index (κ3) is 5.03. The summed E-state index contributed by atoms with van der Waals surface area (Å²) in [6.07, 6.45) is 3.18. The number of nitrogens with zero attached hydrogens (tertiary/aromatic N) is 2. The maximum absolute atomic E-state index is 12.6. The van der Waals surface area contributed by atoms with Crippen LogP contribution in [0.15, 0.2) is 5.38 Å². The van der Waals surface area contributed by atoms with Crippen molar-refractivity contribution in [3.05, 3.63) is 16.1 Å². The quantitative estimate of drug-likeness (QED) is 0.871. The number of aromatic nitrogens is 1. The fraction of sp³-hybridized carbons (Fsp3) is 0.733. The molecule has 1 aromatic heterocycles. The van der Waals surface area contributed by atoms with Crippen LogP contribution in [-0.2, 0) is 16.0 Å².